The molecule has 1 aliphatic rings. The van der Waals surface area contributed by atoms with Crippen LogP contribution in [0.3, 0.4) is 0 Å². The summed E-state index contributed by atoms with van der Waals surface area (Å²) in [4.78, 5) is 48.3. The molecule has 2 aromatic carbocycles. The number of carbonyl (C=O) groups is 3. The third-order valence-electron chi connectivity index (χ3n) is 6.61. The molecule has 1 atom stereocenters. The maximum Gasteiger partial charge on any atom is 0.287 e. The van der Waals surface area contributed by atoms with Crippen LogP contribution in [0, 0.1) is 12.7 Å². The largest absolute Gasteiger partial charge is 0.345 e. The molecule has 10 nitrogen and oxygen atoms in total. The molecule has 1 aliphatic heterocycles. The van der Waals surface area contributed by atoms with E-state index in [-0.39, 0.29) is 46.7 Å². The van der Waals surface area contributed by atoms with Gasteiger partial charge in [-0.1, -0.05) is 35.9 Å². The predicted molar refractivity (Wildman–Crippen MR) is 151 cm³/mol. The van der Waals surface area contributed by atoms with Crippen LogP contribution in [0.4, 0.5) is 10.2 Å². The number of hydrogen-bond donors (Lipinski definition) is 3. The van der Waals surface area contributed by atoms with Gasteiger partial charge in [-0.05, 0) is 54.4 Å². The van der Waals surface area contributed by atoms with E-state index in [0.29, 0.717) is 5.39 Å². The topological polar surface area (TPSA) is 131 Å². The van der Waals surface area contributed by atoms with E-state index in [0.717, 1.165) is 16.0 Å². The highest BCUT2D eigenvalue weighted by molar-refractivity contribution is 7.13. The zero-order valence-corrected chi connectivity index (χ0v) is 23.0. The van der Waals surface area contributed by atoms with E-state index >= 15 is 0 Å². The highest BCUT2D eigenvalue weighted by Gasteiger charge is 2.36. The minimum Gasteiger partial charge on any atom is -0.345 e. The number of hydrogen-bond acceptors (Lipinski definition) is 7. The molecule has 5 aromatic rings. The van der Waals surface area contributed by atoms with Gasteiger partial charge in [0, 0.05) is 34.4 Å². The molecular formula is C28H21ClFN7O3S. The number of anilines is 1. The van der Waals surface area contributed by atoms with Crippen molar-refractivity contribution in [3.05, 3.63) is 106 Å². The number of imidazole rings is 1. The first-order valence-corrected chi connectivity index (χ1v) is 13.6. The molecule has 0 spiro atoms. The fraction of sp³-hybridized carbons (Fsp3) is 0.143. The average Bonchev–Trinajstić information content (AvgIpc) is 3.55. The molecule has 3 aromatic heterocycles. The first-order chi connectivity index (χ1) is 19.8. The number of nitrogens with one attached hydrogen (secondary N) is 3. The first-order valence-electron chi connectivity index (χ1n) is 12.5. The van der Waals surface area contributed by atoms with Gasteiger partial charge in [0.05, 0.1) is 16.4 Å². The smallest absolute Gasteiger partial charge is 0.287 e. The van der Waals surface area contributed by atoms with Crippen molar-refractivity contribution in [2.45, 2.75) is 26.1 Å². The molecule has 3 amide bonds. The van der Waals surface area contributed by atoms with Crippen LogP contribution >= 0.6 is 23.1 Å². The maximum absolute atomic E-state index is 14.3. The van der Waals surface area contributed by atoms with Gasteiger partial charge in [-0.2, -0.15) is 4.37 Å². The number of carbonyl (C=O) groups excluding carboxylic acids is 3. The monoisotopic (exact) mass is 589 g/mol. The highest BCUT2D eigenvalue weighted by atomic mass is 35.5. The quantitative estimate of drug-likeness (QED) is 0.269. The number of fused-ring (bicyclic) bond motifs is 2. The molecule has 0 saturated carbocycles. The lowest BCUT2D eigenvalue weighted by molar-refractivity contribution is -0.123. The van der Waals surface area contributed by atoms with Crippen LogP contribution in [-0.2, 0) is 17.9 Å². The molecule has 1 unspecified atom stereocenters. The second-order valence-corrected chi connectivity index (χ2v) is 10.6. The van der Waals surface area contributed by atoms with Crippen LogP contribution in [0.15, 0.2) is 60.8 Å². The Labute approximate surface area is 241 Å². The van der Waals surface area contributed by atoms with Crippen molar-refractivity contribution in [1.82, 2.24) is 29.5 Å². The number of rotatable bonds is 6. The lowest BCUT2D eigenvalue weighted by Crippen LogP contribution is -2.41. The summed E-state index contributed by atoms with van der Waals surface area (Å²) in [5.41, 5.74) is 2.30. The summed E-state index contributed by atoms with van der Waals surface area (Å²) in [6.07, 6.45) is 1.65. The SMILES string of the molecule is Cc1ccc(CNC(=O)c2nc(NC(=O)c3nsc4ccccc34)c3n2CC(=O)NC3c2cc(F)ccc2Cl)cn1. The molecular weight excluding hydrogens is 569 g/mol. The van der Waals surface area contributed by atoms with Crippen molar-refractivity contribution in [2.75, 3.05) is 5.32 Å². The van der Waals surface area contributed by atoms with E-state index in [2.05, 4.69) is 30.3 Å². The Kier molecular flexibility index (Phi) is 6.93. The van der Waals surface area contributed by atoms with E-state index in [1.807, 2.05) is 31.2 Å². The summed E-state index contributed by atoms with van der Waals surface area (Å²) in [7, 11) is 0. The van der Waals surface area contributed by atoms with Gasteiger partial charge >= 0.3 is 0 Å². The summed E-state index contributed by atoms with van der Waals surface area (Å²) in [6.45, 7) is 1.76. The van der Waals surface area contributed by atoms with Crippen molar-refractivity contribution in [1.29, 1.82) is 0 Å². The van der Waals surface area contributed by atoms with Gasteiger partial charge in [-0.3, -0.25) is 19.4 Å². The Morgan fingerprint density at radius 2 is 2.00 bits per heavy atom. The van der Waals surface area contributed by atoms with Gasteiger partial charge in [0.1, 0.15) is 18.1 Å². The van der Waals surface area contributed by atoms with Crippen molar-refractivity contribution in [2.24, 2.45) is 0 Å². The van der Waals surface area contributed by atoms with Crippen molar-refractivity contribution >= 4 is 56.8 Å². The normalized spacial score (nSPS) is 14.4. The summed E-state index contributed by atoms with van der Waals surface area (Å²) >= 11 is 7.59. The minimum atomic E-state index is -1.00. The van der Waals surface area contributed by atoms with Crippen molar-refractivity contribution in [3.8, 4) is 0 Å². The predicted octanol–water partition coefficient (Wildman–Crippen LogP) is 4.39. The molecule has 6 rings (SSSR count). The van der Waals surface area contributed by atoms with E-state index in [4.69, 9.17) is 11.6 Å². The second kappa shape index (κ2) is 10.7. The standard InChI is InChI=1S/C28H21ClFN7O3S/c1-14-6-7-15(11-31-14)12-32-28(40)26-34-25(35-27(39)23-17-4-2-3-5-20(17)41-36-23)24-22(33-21(38)13-37(24)26)18-10-16(30)8-9-19(18)29/h2-11,22H,12-13H2,1H3,(H,32,40)(H,33,38)(H,35,39). The Bertz CT molecular complexity index is 1840. The fourth-order valence-electron chi connectivity index (χ4n) is 4.64. The van der Waals surface area contributed by atoms with E-state index in [1.54, 1.807) is 18.3 Å². The summed E-state index contributed by atoms with van der Waals surface area (Å²) in [6, 6.07) is 13.7. The number of amides is 3. The molecule has 13 heteroatoms. The molecule has 0 bridgehead atoms. The van der Waals surface area contributed by atoms with Gasteiger partial charge in [-0.15, -0.1) is 0 Å². The average molecular weight is 590 g/mol. The van der Waals surface area contributed by atoms with Crippen LogP contribution in [0.25, 0.3) is 10.1 Å². The Morgan fingerprint density at radius 1 is 1.17 bits per heavy atom. The van der Waals surface area contributed by atoms with Crippen LogP contribution in [0.5, 0.6) is 0 Å². The number of aromatic nitrogens is 4. The third kappa shape index (κ3) is 5.14. The Hall–Kier alpha value is -4.68. The van der Waals surface area contributed by atoms with Crippen LogP contribution < -0.4 is 16.0 Å². The summed E-state index contributed by atoms with van der Waals surface area (Å²) < 4.78 is 20.8. The number of aryl methyl sites for hydroxylation is 1. The molecule has 4 heterocycles. The van der Waals surface area contributed by atoms with Gasteiger partial charge < -0.3 is 20.5 Å². The number of benzene rings is 2. The summed E-state index contributed by atoms with van der Waals surface area (Å²) in [5, 5.41) is 9.19. The Balaban J connectivity index is 1.41. The highest BCUT2D eigenvalue weighted by Crippen LogP contribution is 2.36. The van der Waals surface area contributed by atoms with Gasteiger partial charge in [0.25, 0.3) is 11.8 Å². The van der Waals surface area contributed by atoms with Crippen molar-refractivity contribution in [3.63, 3.8) is 0 Å². The number of halogens is 2. The molecule has 0 aliphatic carbocycles. The lowest BCUT2D eigenvalue weighted by Gasteiger charge is -2.28. The number of pyridine rings is 1. The molecule has 206 valence electrons. The fourth-order valence-corrected chi connectivity index (χ4v) is 5.64. The zero-order chi connectivity index (χ0) is 28.7. The van der Waals surface area contributed by atoms with Gasteiger partial charge in [-0.25, -0.2) is 9.37 Å². The minimum absolute atomic E-state index is 0.0135. The van der Waals surface area contributed by atoms with Crippen LogP contribution in [-0.4, -0.2) is 36.6 Å². The molecule has 0 radical (unpaired) electrons. The maximum atomic E-state index is 14.3. The second-order valence-electron chi connectivity index (χ2n) is 9.39. The molecule has 41 heavy (non-hydrogen) atoms. The molecule has 0 saturated heterocycles. The third-order valence-corrected chi connectivity index (χ3v) is 7.78. The van der Waals surface area contributed by atoms with Crippen LogP contribution in [0.1, 0.15) is 49.7 Å². The van der Waals surface area contributed by atoms with Gasteiger partial charge in [0.2, 0.25) is 11.7 Å². The van der Waals surface area contributed by atoms with Crippen LogP contribution in [0.2, 0.25) is 5.02 Å². The molecule has 0 fully saturated rings. The summed E-state index contributed by atoms with van der Waals surface area (Å²) in [5.74, 6) is -2.24. The van der Waals surface area contributed by atoms with Gasteiger partial charge in [0.15, 0.2) is 5.82 Å². The van der Waals surface area contributed by atoms with Crippen molar-refractivity contribution < 1.29 is 18.8 Å². The van der Waals surface area contributed by atoms with E-state index in [1.165, 1.54) is 34.3 Å². The zero-order valence-electron chi connectivity index (χ0n) is 21.4. The molecule has 3 N–H and O–H groups in total. The number of nitrogens with zero attached hydrogens (tertiary/aromatic N) is 4. The Morgan fingerprint density at radius 3 is 2.80 bits per heavy atom. The van der Waals surface area contributed by atoms with E-state index in [9.17, 15) is 18.8 Å². The lowest BCUT2D eigenvalue weighted by atomic mass is 10.0. The van der Waals surface area contributed by atoms with E-state index < -0.39 is 29.6 Å². The first kappa shape index (κ1) is 26.5.